The quantitative estimate of drug-likeness (QED) is 0.645. The molecule has 2 aromatic heterocycles. The summed E-state index contributed by atoms with van der Waals surface area (Å²) in [7, 11) is -3.25. The van der Waals surface area contributed by atoms with Crippen molar-refractivity contribution in [2.45, 2.75) is 31.4 Å². The monoisotopic (exact) mass is 435 g/mol. The molecule has 1 aliphatic heterocycles. The smallest absolute Gasteiger partial charge is 0.229 e. The van der Waals surface area contributed by atoms with Crippen molar-refractivity contribution < 1.29 is 17.9 Å². The third kappa shape index (κ3) is 4.94. The summed E-state index contributed by atoms with van der Waals surface area (Å²) >= 11 is 0. The summed E-state index contributed by atoms with van der Waals surface area (Å²) in [6.07, 6.45) is 5.47. The zero-order valence-corrected chi connectivity index (χ0v) is 17.7. The van der Waals surface area contributed by atoms with Gasteiger partial charge in [-0.1, -0.05) is 0 Å². The summed E-state index contributed by atoms with van der Waals surface area (Å²) in [6, 6.07) is 1.59. The van der Waals surface area contributed by atoms with Crippen molar-refractivity contribution >= 4 is 21.9 Å². The molecule has 1 saturated carbocycles. The summed E-state index contributed by atoms with van der Waals surface area (Å²) in [5.74, 6) is 1.14. The van der Waals surface area contributed by atoms with Crippen LogP contribution in [0.25, 0.3) is 11.3 Å². The molecule has 2 aliphatic rings. The van der Waals surface area contributed by atoms with Crippen molar-refractivity contribution in [1.82, 2.24) is 24.7 Å². The number of ether oxygens (including phenoxy) is 2. The second-order valence-electron chi connectivity index (χ2n) is 7.87. The average molecular weight is 436 g/mol. The third-order valence-electron chi connectivity index (χ3n) is 5.04. The number of nitrogens with two attached hydrogens (primary N) is 1. The van der Waals surface area contributed by atoms with Crippen LogP contribution in [-0.2, 0) is 14.8 Å². The fourth-order valence-electron chi connectivity index (χ4n) is 3.69. The van der Waals surface area contributed by atoms with E-state index in [1.165, 1.54) is 0 Å². The molecule has 0 aromatic carbocycles. The Morgan fingerprint density at radius 3 is 2.53 bits per heavy atom. The number of anilines is 2. The van der Waals surface area contributed by atoms with Gasteiger partial charge in [-0.05, 0) is 6.92 Å². The maximum absolute atomic E-state index is 11.4. The summed E-state index contributed by atoms with van der Waals surface area (Å²) in [4.78, 5) is 19.4. The Morgan fingerprint density at radius 1 is 1.23 bits per heavy atom. The summed E-state index contributed by atoms with van der Waals surface area (Å²) in [5.41, 5.74) is 6.39. The Kier molecular flexibility index (Phi) is 5.47. The summed E-state index contributed by atoms with van der Waals surface area (Å²) in [5, 5.41) is 0. The molecule has 2 fully saturated rings. The lowest BCUT2D eigenvalue weighted by Gasteiger charge is -2.44. The van der Waals surface area contributed by atoms with Gasteiger partial charge in [0.05, 0.1) is 25.2 Å². The minimum atomic E-state index is -3.25. The van der Waals surface area contributed by atoms with Gasteiger partial charge in [0.1, 0.15) is 5.60 Å². The number of hydrogen-bond acceptors (Lipinski definition) is 10. The molecule has 0 bridgehead atoms. The van der Waals surface area contributed by atoms with E-state index in [0.29, 0.717) is 62.2 Å². The number of sulfonamides is 1. The highest BCUT2D eigenvalue weighted by Gasteiger charge is 2.44. The Hall–Kier alpha value is -2.57. The third-order valence-corrected chi connectivity index (χ3v) is 5.80. The highest BCUT2D eigenvalue weighted by Crippen LogP contribution is 2.37. The van der Waals surface area contributed by atoms with E-state index in [1.54, 1.807) is 18.5 Å². The normalized spacial score (nSPS) is 24.3. The number of rotatable bonds is 6. The molecule has 11 nitrogen and oxygen atoms in total. The molecule has 3 heterocycles. The van der Waals surface area contributed by atoms with E-state index in [-0.39, 0.29) is 12.0 Å². The van der Waals surface area contributed by atoms with Gasteiger partial charge in [-0.15, -0.1) is 0 Å². The van der Waals surface area contributed by atoms with Crippen LogP contribution in [0.15, 0.2) is 18.5 Å². The molecule has 1 saturated heterocycles. The molecule has 2 aromatic rings. The van der Waals surface area contributed by atoms with E-state index in [2.05, 4.69) is 24.7 Å². The van der Waals surface area contributed by atoms with Crippen LogP contribution in [0.1, 0.15) is 19.8 Å². The van der Waals surface area contributed by atoms with Gasteiger partial charge in [-0.3, -0.25) is 0 Å². The van der Waals surface area contributed by atoms with Crippen LogP contribution in [0.2, 0.25) is 0 Å². The van der Waals surface area contributed by atoms with E-state index in [4.69, 9.17) is 15.2 Å². The minimum absolute atomic E-state index is 0.143. The van der Waals surface area contributed by atoms with Crippen molar-refractivity contribution in [3.05, 3.63) is 18.5 Å². The van der Waals surface area contributed by atoms with Crippen LogP contribution in [0.3, 0.4) is 0 Å². The van der Waals surface area contributed by atoms with E-state index in [1.807, 2.05) is 11.8 Å². The fourth-order valence-corrected chi connectivity index (χ4v) is 4.46. The lowest BCUT2D eigenvalue weighted by atomic mass is 9.77. The number of nitrogens with zero attached hydrogens (tertiary/aromatic N) is 5. The molecule has 3 N–H and O–H groups in total. The fraction of sp³-hybridized carbons (Fsp3) is 0.556. The lowest BCUT2D eigenvalue weighted by Crippen LogP contribution is -2.56. The van der Waals surface area contributed by atoms with E-state index in [0.717, 1.165) is 6.26 Å². The molecule has 0 atom stereocenters. The number of aromatic nitrogens is 4. The molecule has 4 rings (SSSR count). The highest BCUT2D eigenvalue weighted by molar-refractivity contribution is 7.88. The zero-order chi connectivity index (χ0) is 21.4. The van der Waals surface area contributed by atoms with Gasteiger partial charge < -0.3 is 20.1 Å². The van der Waals surface area contributed by atoms with Crippen LogP contribution in [0, 0.1) is 0 Å². The molecular weight excluding hydrogens is 410 g/mol. The van der Waals surface area contributed by atoms with Crippen molar-refractivity contribution in [3.8, 4) is 17.1 Å². The first-order chi connectivity index (χ1) is 14.2. The maximum atomic E-state index is 11.4. The second-order valence-corrected chi connectivity index (χ2v) is 9.65. The molecule has 0 radical (unpaired) electrons. The molecular formula is C18H25N7O4S. The van der Waals surface area contributed by atoms with Crippen molar-refractivity contribution in [2.75, 3.05) is 43.2 Å². The van der Waals surface area contributed by atoms with Gasteiger partial charge in [0.25, 0.3) is 0 Å². The van der Waals surface area contributed by atoms with Gasteiger partial charge in [0, 0.05) is 56.0 Å². The first kappa shape index (κ1) is 20.7. The molecule has 30 heavy (non-hydrogen) atoms. The van der Waals surface area contributed by atoms with Crippen LogP contribution in [0.4, 0.5) is 11.9 Å². The number of hydrogen-bond donors (Lipinski definition) is 2. The number of morpholine rings is 1. The number of nitrogens with one attached hydrogen (secondary N) is 1. The largest absolute Gasteiger partial charge is 0.471 e. The van der Waals surface area contributed by atoms with Gasteiger partial charge in [-0.25, -0.2) is 28.1 Å². The van der Waals surface area contributed by atoms with E-state index < -0.39 is 15.6 Å². The molecule has 162 valence electrons. The second kappa shape index (κ2) is 7.93. The van der Waals surface area contributed by atoms with Crippen molar-refractivity contribution in [1.29, 1.82) is 0 Å². The topological polar surface area (TPSA) is 145 Å². The van der Waals surface area contributed by atoms with Gasteiger partial charge in [-0.2, -0.15) is 4.98 Å². The van der Waals surface area contributed by atoms with Crippen LogP contribution in [0.5, 0.6) is 5.88 Å². The first-order valence-corrected chi connectivity index (χ1v) is 11.5. The van der Waals surface area contributed by atoms with E-state index >= 15 is 0 Å². The predicted molar refractivity (Wildman–Crippen MR) is 111 cm³/mol. The highest BCUT2D eigenvalue weighted by atomic mass is 32.2. The maximum Gasteiger partial charge on any atom is 0.229 e. The Morgan fingerprint density at radius 2 is 1.90 bits per heavy atom. The Labute approximate surface area is 175 Å². The molecule has 0 unspecified atom stereocenters. The summed E-state index contributed by atoms with van der Waals surface area (Å²) in [6.45, 7) is 4.50. The van der Waals surface area contributed by atoms with Gasteiger partial charge in [0.2, 0.25) is 27.8 Å². The zero-order valence-electron chi connectivity index (χ0n) is 16.9. The molecule has 0 amide bonds. The van der Waals surface area contributed by atoms with Crippen molar-refractivity contribution in [2.24, 2.45) is 0 Å². The van der Waals surface area contributed by atoms with E-state index in [9.17, 15) is 8.42 Å². The van der Waals surface area contributed by atoms with Gasteiger partial charge >= 0.3 is 0 Å². The lowest BCUT2D eigenvalue weighted by molar-refractivity contribution is -0.0120. The SMILES string of the molecule is CS(=O)(=O)N[C@H]1C[C@](C)(Oc2cc(-c3cnc(N)nc3)nc(N3CCOCC3)n2)C1. The van der Waals surface area contributed by atoms with Crippen molar-refractivity contribution in [3.63, 3.8) is 0 Å². The Bertz CT molecular complexity index is 1000. The predicted octanol–water partition coefficient (Wildman–Crippen LogP) is 0.202. The first-order valence-electron chi connectivity index (χ1n) is 9.65. The van der Waals surface area contributed by atoms with Crippen LogP contribution in [-0.4, -0.2) is 72.6 Å². The number of nitrogen functional groups attached to an aromatic ring is 1. The molecule has 0 spiro atoms. The molecule has 1 aliphatic carbocycles. The average Bonchev–Trinajstić information content (AvgIpc) is 2.66. The summed E-state index contributed by atoms with van der Waals surface area (Å²) < 4.78 is 37.1. The molecule has 12 heteroatoms. The van der Waals surface area contributed by atoms with Crippen LogP contribution >= 0.6 is 0 Å². The minimum Gasteiger partial charge on any atom is -0.471 e. The Balaban J connectivity index is 1.58. The van der Waals surface area contributed by atoms with Crippen LogP contribution < -0.4 is 20.1 Å². The standard InChI is InChI=1S/C18H25N7O4S/c1-18(8-13(9-18)24-30(2,26)27)29-15-7-14(12-10-20-16(19)21-11-12)22-17(23-15)25-3-5-28-6-4-25/h7,10-11,13,24H,3-6,8-9H2,1-2H3,(H2,19,20,21)/t13-,18-. The van der Waals surface area contributed by atoms with Gasteiger partial charge in [0.15, 0.2) is 0 Å².